The molecule has 3 aromatic rings. The van der Waals surface area contributed by atoms with Gasteiger partial charge >= 0.3 is 17.8 Å². The van der Waals surface area contributed by atoms with Gasteiger partial charge < -0.3 is 19.5 Å². The van der Waals surface area contributed by atoms with Crippen molar-refractivity contribution in [3.8, 4) is 11.5 Å². The number of benzene rings is 2. The van der Waals surface area contributed by atoms with Crippen molar-refractivity contribution in [3.05, 3.63) is 74.4 Å². The van der Waals surface area contributed by atoms with Crippen molar-refractivity contribution < 1.29 is 33.0 Å². The maximum atomic E-state index is 14.1. The fraction of sp³-hybridized carbons (Fsp3) is 0.310. The molecule has 2 N–H and O–H groups in total. The molecule has 0 bridgehead atoms. The van der Waals surface area contributed by atoms with Gasteiger partial charge in [-0.2, -0.15) is 5.10 Å². The molecule has 0 saturated carbocycles. The summed E-state index contributed by atoms with van der Waals surface area (Å²) in [6.45, 7) is 3.44. The maximum absolute atomic E-state index is 14.1. The fourth-order valence-corrected chi connectivity index (χ4v) is 5.81. The summed E-state index contributed by atoms with van der Waals surface area (Å²) in [6.07, 6.45) is 3.46. The average Bonchev–Trinajstić information content (AvgIpc) is 3.33. The van der Waals surface area contributed by atoms with Gasteiger partial charge in [-0.05, 0) is 75.4 Å². The molecule has 0 spiro atoms. The first kappa shape index (κ1) is 30.0. The minimum atomic E-state index is -1.00. The minimum Gasteiger partial charge on any atom is -0.493 e. The number of thiophene rings is 1. The molecule has 216 valence electrons. The van der Waals surface area contributed by atoms with Crippen molar-refractivity contribution in [1.29, 1.82) is 0 Å². The van der Waals surface area contributed by atoms with E-state index in [-0.39, 0.29) is 23.8 Å². The SMILES string of the molecule is CCOC(=O)c1c(NC(=O)C(=O)N/N=C(\C)c2ccc(OCc3c(F)cccc3Cl)c(OC)c2)sc2c1CCCC2. The predicted molar refractivity (Wildman–Crippen MR) is 155 cm³/mol. The number of amides is 2. The Balaban J connectivity index is 1.42. The van der Waals surface area contributed by atoms with E-state index in [1.54, 1.807) is 38.1 Å². The Bertz CT molecular complexity index is 1490. The first-order valence-electron chi connectivity index (χ1n) is 12.9. The maximum Gasteiger partial charge on any atom is 0.341 e. The van der Waals surface area contributed by atoms with Crippen molar-refractivity contribution in [3.63, 3.8) is 0 Å². The van der Waals surface area contributed by atoms with Crippen molar-refractivity contribution in [2.75, 3.05) is 19.0 Å². The van der Waals surface area contributed by atoms with E-state index >= 15 is 0 Å². The topological polar surface area (TPSA) is 115 Å². The predicted octanol–water partition coefficient (Wildman–Crippen LogP) is 5.66. The number of esters is 1. The molecule has 0 radical (unpaired) electrons. The summed E-state index contributed by atoms with van der Waals surface area (Å²) in [5.74, 6) is -2.26. The van der Waals surface area contributed by atoms with Gasteiger partial charge in [-0.15, -0.1) is 11.3 Å². The number of fused-ring (bicyclic) bond motifs is 1. The zero-order valence-electron chi connectivity index (χ0n) is 22.8. The quantitative estimate of drug-likeness (QED) is 0.141. The highest BCUT2D eigenvalue weighted by molar-refractivity contribution is 7.17. The summed E-state index contributed by atoms with van der Waals surface area (Å²) in [4.78, 5) is 38.9. The average molecular weight is 602 g/mol. The van der Waals surface area contributed by atoms with Crippen LogP contribution in [0.25, 0.3) is 0 Å². The smallest absolute Gasteiger partial charge is 0.341 e. The highest BCUT2D eigenvalue weighted by atomic mass is 35.5. The molecule has 0 saturated heterocycles. The molecule has 1 heterocycles. The minimum absolute atomic E-state index is 0.107. The number of methoxy groups -OCH3 is 1. The number of carbonyl (C=O) groups is 3. The zero-order chi connectivity index (χ0) is 29.5. The van der Waals surface area contributed by atoms with E-state index in [2.05, 4.69) is 15.8 Å². The molecule has 4 rings (SSSR count). The van der Waals surface area contributed by atoms with Crippen molar-refractivity contribution in [2.24, 2.45) is 5.10 Å². The monoisotopic (exact) mass is 601 g/mol. The number of hydrogen-bond donors (Lipinski definition) is 2. The number of carbonyl (C=O) groups excluding carboxylic acids is 3. The summed E-state index contributed by atoms with van der Waals surface area (Å²) >= 11 is 7.36. The lowest BCUT2D eigenvalue weighted by molar-refractivity contribution is -0.136. The van der Waals surface area contributed by atoms with Crippen LogP contribution >= 0.6 is 22.9 Å². The van der Waals surface area contributed by atoms with Crippen LogP contribution in [0.15, 0.2) is 41.5 Å². The summed E-state index contributed by atoms with van der Waals surface area (Å²) < 4.78 is 30.4. The van der Waals surface area contributed by atoms with E-state index in [1.807, 2.05) is 0 Å². The van der Waals surface area contributed by atoms with Crippen molar-refractivity contribution >= 4 is 51.4 Å². The molecule has 1 aliphatic rings. The summed E-state index contributed by atoms with van der Waals surface area (Å²) in [7, 11) is 1.45. The fourth-order valence-electron chi connectivity index (χ4n) is 4.31. The van der Waals surface area contributed by atoms with E-state index in [9.17, 15) is 18.8 Å². The second-order valence-corrected chi connectivity index (χ2v) is 10.6. The lowest BCUT2D eigenvalue weighted by atomic mass is 9.95. The highest BCUT2D eigenvalue weighted by Gasteiger charge is 2.28. The van der Waals surface area contributed by atoms with Crippen LogP contribution in [0, 0.1) is 5.82 Å². The van der Waals surface area contributed by atoms with Crippen LogP contribution in [-0.2, 0) is 33.8 Å². The Hall–Kier alpha value is -3.96. The molecule has 0 unspecified atom stereocenters. The summed E-state index contributed by atoms with van der Waals surface area (Å²) in [5.41, 5.74) is 4.62. The normalized spacial score (nSPS) is 12.8. The summed E-state index contributed by atoms with van der Waals surface area (Å²) in [6, 6.07) is 9.30. The molecule has 9 nitrogen and oxygen atoms in total. The second kappa shape index (κ2) is 13.6. The standard InChI is InChI=1S/C29H29ClFN3O6S/c1-4-39-29(37)25-18-8-5-6-11-24(18)41-28(25)32-26(35)27(36)34-33-16(2)17-12-13-22(23(14-17)38-3)40-15-19-20(30)9-7-10-21(19)31/h7,9-10,12-14H,4-6,8,11,15H2,1-3H3,(H,32,35)(H,34,36)/b33-16+. The highest BCUT2D eigenvalue weighted by Crippen LogP contribution is 2.38. The van der Waals surface area contributed by atoms with Crippen molar-refractivity contribution in [2.45, 2.75) is 46.1 Å². The first-order chi connectivity index (χ1) is 19.7. The number of rotatable bonds is 9. The van der Waals surface area contributed by atoms with Gasteiger partial charge in [0.2, 0.25) is 0 Å². The number of aryl methyl sites for hydroxylation is 1. The van der Waals surface area contributed by atoms with Crippen LogP contribution in [0.5, 0.6) is 11.5 Å². The van der Waals surface area contributed by atoms with Crippen molar-refractivity contribution in [1.82, 2.24) is 5.43 Å². The van der Waals surface area contributed by atoms with Gasteiger partial charge in [-0.1, -0.05) is 17.7 Å². The molecule has 2 amide bonds. The largest absolute Gasteiger partial charge is 0.493 e. The van der Waals surface area contributed by atoms with Gasteiger partial charge in [0, 0.05) is 16.0 Å². The lowest BCUT2D eigenvalue weighted by Gasteiger charge is -2.13. The Labute approximate surface area is 245 Å². The molecular formula is C29H29ClFN3O6S. The Morgan fingerprint density at radius 1 is 1.10 bits per heavy atom. The molecular weight excluding hydrogens is 573 g/mol. The summed E-state index contributed by atoms with van der Waals surface area (Å²) in [5, 5.41) is 7.14. The number of nitrogens with zero attached hydrogens (tertiary/aromatic N) is 1. The van der Waals surface area contributed by atoms with Gasteiger partial charge in [0.1, 0.15) is 17.4 Å². The van der Waals surface area contributed by atoms with Crippen LogP contribution < -0.4 is 20.2 Å². The third-order valence-electron chi connectivity index (χ3n) is 6.42. The van der Waals surface area contributed by atoms with E-state index in [1.165, 1.54) is 30.6 Å². The number of nitrogens with one attached hydrogen (secondary N) is 2. The zero-order valence-corrected chi connectivity index (χ0v) is 24.3. The Kier molecular flexibility index (Phi) is 9.95. The van der Waals surface area contributed by atoms with Gasteiger partial charge in [-0.3, -0.25) is 9.59 Å². The number of halogens is 2. The molecule has 12 heteroatoms. The molecule has 0 atom stereocenters. The van der Waals surface area contributed by atoms with E-state index in [0.29, 0.717) is 33.3 Å². The van der Waals surface area contributed by atoms with Gasteiger partial charge in [0.05, 0.1) is 30.0 Å². The first-order valence-corrected chi connectivity index (χ1v) is 14.1. The van der Waals surface area contributed by atoms with Gasteiger partial charge in [0.25, 0.3) is 0 Å². The van der Waals surface area contributed by atoms with E-state index in [4.69, 9.17) is 25.8 Å². The second-order valence-electron chi connectivity index (χ2n) is 9.08. The Morgan fingerprint density at radius 3 is 2.61 bits per heavy atom. The number of hydrogen-bond acceptors (Lipinski definition) is 8. The van der Waals surface area contributed by atoms with Crippen LogP contribution in [-0.4, -0.2) is 37.2 Å². The molecule has 0 aliphatic heterocycles. The number of anilines is 1. The van der Waals surface area contributed by atoms with Crippen LogP contribution in [0.1, 0.15) is 58.6 Å². The Morgan fingerprint density at radius 2 is 1.88 bits per heavy atom. The third kappa shape index (κ3) is 7.04. The number of hydrazone groups is 1. The van der Waals surface area contributed by atoms with Crippen LogP contribution in [0.4, 0.5) is 9.39 Å². The van der Waals surface area contributed by atoms with Crippen LogP contribution in [0.2, 0.25) is 5.02 Å². The molecule has 2 aromatic carbocycles. The van der Waals surface area contributed by atoms with E-state index in [0.717, 1.165) is 36.1 Å². The number of ether oxygens (including phenoxy) is 3. The van der Waals surface area contributed by atoms with Gasteiger partial charge in [-0.25, -0.2) is 14.6 Å². The molecule has 1 aliphatic carbocycles. The van der Waals surface area contributed by atoms with Crippen LogP contribution in [0.3, 0.4) is 0 Å². The molecule has 0 fully saturated rings. The third-order valence-corrected chi connectivity index (χ3v) is 7.99. The molecule has 1 aromatic heterocycles. The lowest BCUT2D eigenvalue weighted by Crippen LogP contribution is -2.33. The van der Waals surface area contributed by atoms with Gasteiger partial charge in [0.15, 0.2) is 11.5 Å². The van der Waals surface area contributed by atoms with E-state index < -0.39 is 23.6 Å². The molecule has 41 heavy (non-hydrogen) atoms.